The molecule has 1 saturated heterocycles. The van der Waals surface area contributed by atoms with Gasteiger partial charge in [0.15, 0.2) is 6.10 Å². The minimum atomic E-state index is -1.12. The predicted molar refractivity (Wildman–Crippen MR) is 112 cm³/mol. The number of carbonyl (C=O) groups excluding carboxylic acids is 2. The summed E-state index contributed by atoms with van der Waals surface area (Å²) >= 11 is 0. The molecule has 0 saturated carbocycles. The molecular formula is C23H24N2O6. The first kappa shape index (κ1) is 20.9. The Labute approximate surface area is 179 Å². The van der Waals surface area contributed by atoms with E-state index < -0.39 is 24.2 Å². The SMILES string of the molecule is C[C@@H](NC(=O)OCC1c2ccccc2-c2ccccc21)C(=O)N1CCOC(C(=O)O)C1. The summed E-state index contributed by atoms with van der Waals surface area (Å²) in [5, 5.41) is 11.6. The topological polar surface area (TPSA) is 105 Å². The molecule has 1 fully saturated rings. The van der Waals surface area contributed by atoms with E-state index in [1.165, 1.54) is 4.90 Å². The third-order valence-electron chi connectivity index (χ3n) is 5.70. The summed E-state index contributed by atoms with van der Waals surface area (Å²) in [6.07, 6.45) is -1.75. The maximum atomic E-state index is 12.6. The van der Waals surface area contributed by atoms with Crippen LogP contribution in [0, 0.1) is 0 Å². The summed E-state index contributed by atoms with van der Waals surface area (Å²) in [6, 6.07) is 15.2. The Morgan fingerprint density at radius 1 is 1.13 bits per heavy atom. The van der Waals surface area contributed by atoms with Crippen LogP contribution in [0.5, 0.6) is 0 Å². The number of nitrogens with one attached hydrogen (secondary N) is 1. The number of morpholine rings is 1. The van der Waals surface area contributed by atoms with Crippen molar-refractivity contribution < 1.29 is 29.0 Å². The Kier molecular flexibility index (Phi) is 5.90. The van der Waals surface area contributed by atoms with Gasteiger partial charge in [0.2, 0.25) is 5.91 Å². The molecule has 0 spiro atoms. The molecule has 2 atom stereocenters. The lowest BCUT2D eigenvalue weighted by atomic mass is 9.98. The van der Waals surface area contributed by atoms with Gasteiger partial charge in [0.1, 0.15) is 12.6 Å². The van der Waals surface area contributed by atoms with Crippen molar-refractivity contribution in [2.75, 3.05) is 26.3 Å². The molecule has 4 rings (SSSR count). The third kappa shape index (κ3) is 4.25. The van der Waals surface area contributed by atoms with Gasteiger partial charge in [-0.25, -0.2) is 9.59 Å². The molecule has 8 heteroatoms. The molecule has 2 N–H and O–H groups in total. The van der Waals surface area contributed by atoms with Gasteiger partial charge in [0.25, 0.3) is 0 Å². The Bertz CT molecular complexity index is 962. The van der Waals surface area contributed by atoms with Crippen LogP contribution in [0.3, 0.4) is 0 Å². The van der Waals surface area contributed by atoms with E-state index in [2.05, 4.69) is 17.4 Å². The van der Waals surface area contributed by atoms with E-state index in [-0.39, 0.29) is 38.1 Å². The number of fused-ring (bicyclic) bond motifs is 3. The van der Waals surface area contributed by atoms with E-state index in [0.717, 1.165) is 22.3 Å². The van der Waals surface area contributed by atoms with Crippen LogP contribution in [-0.4, -0.2) is 66.4 Å². The van der Waals surface area contributed by atoms with Gasteiger partial charge in [-0.3, -0.25) is 4.79 Å². The smallest absolute Gasteiger partial charge is 0.407 e. The zero-order valence-electron chi connectivity index (χ0n) is 17.1. The highest BCUT2D eigenvalue weighted by Gasteiger charge is 2.32. The van der Waals surface area contributed by atoms with Crippen molar-refractivity contribution in [2.24, 2.45) is 0 Å². The van der Waals surface area contributed by atoms with Crippen molar-refractivity contribution >= 4 is 18.0 Å². The molecule has 162 valence electrons. The molecule has 1 aliphatic carbocycles. The van der Waals surface area contributed by atoms with E-state index in [1.54, 1.807) is 6.92 Å². The number of ether oxygens (including phenoxy) is 2. The van der Waals surface area contributed by atoms with Gasteiger partial charge in [-0.2, -0.15) is 0 Å². The molecule has 0 bridgehead atoms. The number of aliphatic carboxylic acids is 1. The van der Waals surface area contributed by atoms with Crippen LogP contribution in [0.25, 0.3) is 11.1 Å². The van der Waals surface area contributed by atoms with Crippen LogP contribution in [0.2, 0.25) is 0 Å². The van der Waals surface area contributed by atoms with Crippen molar-refractivity contribution in [1.29, 1.82) is 0 Å². The van der Waals surface area contributed by atoms with Gasteiger partial charge in [-0.15, -0.1) is 0 Å². The number of carboxylic acids is 1. The number of hydrogen-bond donors (Lipinski definition) is 2. The average molecular weight is 424 g/mol. The normalized spacial score (nSPS) is 18.6. The minimum absolute atomic E-state index is 0.0507. The number of alkyl carbamates (subject to hydrolysis) is 1. The zero-order chi connectivity index (χ0) is 22.0. The first-order valence-electron chi connectivity index (χ1n) is 10.2. The van der Waals surface area contributed by atoms with E-state index in [1.807, 2.05) is 36.4 Å². The third-order valence-corrected chi connectivity index (χ3v) is 5.70. The second-order valence-corrected chi connectivity index (χ2v) is 7.67. The highest BCUT2D eigenvalue weighted by Crippen LogP contribution is 2.44. The lowest BCUT2D eigenvalue weighted by molar-refractivity contribution is -0.159. The molecule has 1 unspecified atom stereocenters. The number of carboxylic acid groups (broad SMARTS) is 1. The van der Waals surface area contributed by atoms with Crippen LogP contribution in [0.1, 0.15) is 24.0 Å². The highest BCUT2D eigenvalue weighted by atomic mass is 16.5. The minimum Gasteiger partial charge on any atom is -0.479 e. The zero-order valence-corrected chi connectivity index (χ0v) is 17.1. The quantitative estimate of drug-likeness (QED) is 0.763. The van der Waals surface area contributed by atoms with Gasteiger partial charge in [0.05, 0.1) is 13.2 Å². The van der Waals surface area contributed by atoms with Crippen LogP contribution in [-0.2, 0) is 19.1 Å². The van der Waals surface area contributed by atoms with Crippen LogP contribution in [0.15, 0.2) is 48.5 Å². The number of rotatable bonds is 5. The van der Waals surface area contributed by atoms with Crippen molar-refractivity contribution in [3.8, 4) is 11.1 Å². The Morgan fingerprint density at radius 3 is 2.35 bits per heavy atom. The second-order valence-electron chi connectivity index (χ2n) is 7.67. The molecular weight excluding hydrogens is 400 g/mol. The van der Waals surface area contributed by atoms with Gasteiger partial charge in [0, 0.05) is 12.5 Å². The monoisotopic (exact) mass is 424 g/mol. The van der Waals surface area contributed by atoms with Crippen LogP contribution < -0.4 is 5.32 Å². The highest BCUT2D eigenvalue weighted by molar-refractivity contribution is 5.86. The first-order valence-corrected chi connectivity index (χ1v) is 10.2. The summed E-state index contributed by atoms with van der Waals surface area (Å²) in [7, 11) is 0. The Hall–Kier alpha value is -3.39. The largest absolute Gasteiger partial charge is 0.479 e. The lowest BCUT2D eigenvalue weighted by Gasteiger charge is -2.32. The van der Waals surface area contributed by atoms with Crippen molar-refractivity contribution in [1.82, 2.24) is 10.2 Å². The fraction of sp³-hybridized carbons (Fsp3) is 0.348. The number of benzene rings is 2. The molecule has 2 amide bonds. The molecule has 2 aromatic carbocycles. The van der Waals surface area contributed by atoms with Gasteiger partial charge < -0.3 is 24.8 Å². The first-order chi connectivity index (χ1) is 15.0. The van der Waals surface area contributed by atoms with E-state index >= 15 is 0 Å². The number of nitrogens with zero attached hydrogens (tertiary/aromatic N) is 1. The average Bonchev–Trinajstić information content (AvgIpc) is 3.11. The predicted octanol–water partition coefficient (Wildman–Crippen LogP) is 2.23. The van der Waals surface area contributed by atoms with E-state index in [4.69, 9.17) is 14.6 Å². The maximum absolute atomic E-state index is 12.6. The number of hydrogen-bond acceptors (Lipinski definition) is 5. The van der Waals surface area contributed by atoms with Crippen LogP contribution >= 0.6 is 0 Å². The van der Waals surface area contributed by atoms with Crippen molar-refractivity contribution in [2.45, 2.75) is 25.0 Å². The number of carbonyl (C=O) groups is 3. The summed E-state index contributed by atoms with van der Waals surface area (Å²) in [5.74, 6) is -1.56. The van der Waals surface area contributed by atoms with Crippen molar-refractivity contribution in [3.05, 3.63) is 59.7 Å². The Morgan fingerprint density at radius 2 is 1.74 bits per heavy atom. The summed E-state index contributed by atoms with van der Waals surface area (Å²) in [5.41, 5.74) is 4.48. The summed E-state index contributed by atoms with van der Waals surface area (Å²) < 4.78 is 10.6. The molecule has 2 aromatic rings. The van der Waals surface area contributed by atoms with Gasteiger partial charge in [-0.05, 0) is 29.2 Å². The van der Waals surface area contributed by atoms with E-state index in [0.29, 0.717) is 0 Å². The molecule has 8 nitrogen and oxygen atoms in total. The molecule has 0 radical (unpaired) electrons. The molecule has 0 aromatic heterocycles. The maximum Gasteiger partial charge on any atom is 0.407 e. The summed E-state index contributed by atoms with van der Waals surface area (Å²) in [4.78, 5) is 37.5. The Balaban J connectivity index is 1.35. The molecule has 31 heavy (non-hydrogen) atoms. The molecule has 2 aliphatic rings. The van der Waals surface area contributed by atoms with Gasteiger partial charge >= 0.3 is 12.1 Å². The molecule has 1 aliphatic heterocycles. The van der Waals surface area contributed by atoms with E-state index in [9.17, 15) is 14.4 Å². The second kappa shape index (κ2) is 8.77. The fourth-order valence-electron chi connectivity index (χ4n) is 4.15. The standard InChI is InChI=1S/C23H24N2O6/c1-14(21(26)25-10-11-30-20(12-25)22(27)28)24-23(29)31-13-19-17-8-4-2-6-15(17)16-7-3-5-9-18(16)19/h2-9,14,19-20H,10-13H2,1H3,(H,24,29)(H,27,28)/t14-,20?/m1/s1. The summed E-state index contributed by atoms with van der Waals surface area (Å²) in [6.45, 7) is 2.07. The lowest BCUT2D eigenvalue weighted by Crippen LogP contribution is -2.54. The number of amides is 2. The molecule has 1 heterocycles. The van der Waals surface area contributed by atoms with Crippen LogP contribution in [0.4, 0.5) is 4.79 Å². The fourth-order valence-corrected chi connectivity index (χ4v) is 4.15. The van der Waals surface area contributed by atoms with Crippen molar-refractivity contribution in [3.63, 3.8) is 0 Å². The van der Waals surface area contributed by atoms with Gasteiger partial charge in [-0.1, -0.05) is 48.5 Å².